The number of nitrogens with zero attached hydrogens (tertiary/aromatic N) is 3. The normalized spacial score (nSPS) is 11.0. The van der Waals surface area contributed by atoms with E-state index in [1.54, 1.807) is 6.20 Å². The minimum absolute atomic E-state index is 0.134. The Labute approximate surface area is 170 Å². The van der Waals surface area contributed by atoms with Gasteiger partial charge in [0.25, 0.3) is 5.56 Å². The molecule has 0 atom stereocenters. The number of anilines is 1. The summed E-state index contributed by atoms with van der Waals surface area (Å²) in [7, 11) is 0. The van der Waals surface area contributed by atoms with Gasteiger partial charge in [0, 0.05) is 24.4 Å². The molecule has 30 heavy (non-hydrogen) atoms. The van der Waals surface area contributed by atoms with Gasteiger partial charge in [-0.2, -0.15) is 0 Å². The van der Waals surface area contributed by atoms with Crippen LogP contribution < -0.4 is 10.9 Å². The first kappa shape index (κ1) is 19.5. The van der Waals surface area contributed by atoms with E-state index in [2.05, 4.69) is 10.3 Å². The van der Waals surface area contributed by atoms with Crippen LogP contribution in [0.25, 0.3) is 22.2 Å². The van der Waals surface area contributed by atoms with Crippen LogP contribution >= 0.6 is 0 Å². The van der Waals surface area contributed by atoms with E-state index < -0.39 is 17.5 Å². The maximum atomic E-state index is 13.9. The molecule has 4 rings (SSSR count). The maximum Gasteiger partial charge on any atom is 0.277 e. The van der Waals surface area contributed by atoms with E-state index in [0.717, 1.165) is 17.7 Å². The van der Waals surface area contributed by atoms with Crippen molar-refractivity contribution in [1.29, 1.82) is 0 Å². The lowest BCUT2D eigenvalue weighted by Gasteiger charge is -2.08. The lowest BCUT2D eigenvalue weighted by molar-refractivity contribution is -0.116. The second-order valence-corrected chi connectivity index (χ2v) is 6.74. The molecule has 0 spiro atoms. The number of nitrogens with one attached hydrogen (secondary N) is 1. The van der Waals surface area contributed by atoms with Crippen LogP contribution in [-0.4, -0.2) is 20.0 Å². The summed E-state index contributed by atoms with van der Waals surface area (Å²) >= 11 is 0. The summed E-state index contributed by atoms with van der Waals surface area (Å²) in [4.78, 5) is 29.9. The Hall–Kier alpha value is -3.81. The summed E-state index contributed by atoms with van der Waals surface area (Å²) in [6, 6.07) is 12.3. The van der Waals surface area contributed by atoms with Crippen molar-refractivity contribution in [3.05, 3.63) is 83.0 Å². The van der Waals surface area contributed by atoms with E-state index in [4.69, 9.17) is 0 Å². The fourth-order valence-corrected chi connectivity index (χ4v) is 3.33. The van der Waals surface area contributed by atoms with Gasteiger partial charge in [0.2, 0.25) is 5.91 Å². The number of benzene rings is 2. The topological polar surface area (TPSA) is 68.9 Å². The monoisotopic (exact) mass is 408 g/mol. The number of hydrogen-bond donors (Lipinski definition) is 1. The largest absolute Gasteiger partial charge is 0.332 e. The predicted octanol–water partition coefficient (Wildman–Crippen LogP) is 3.80. The lowest BCUT2D eigenvalue weighted by Crippen LogP contribution is -2.24. The van der Waals surface area contributed by atoms with Crippen LogP contribution in [0.4, 0.5) is 14.5 Å². The summed E-state index contributed by atoms with van der Waals surface area (Å²) in [6.45, 7) is 2.02. The molecule has 0 saturated carbocycles. The predicted molar refractivity (Wildman–Crippen MR) is 110 cm³/mol. The molecule has 2 aromatic carbocycles. The molecule has 0 aliphatic rings. The van der Waals surface area contributed by atoms with Crippen molar-refractivity contribution in [2.75, 3.05) is 5.32 Å². The molecule has 152 valence electrons. The Balaban J connectivity index is 1.76. The Morgan fingerprint density at radius 2 is 1.87 bits per heavy atom. The quantitative estimate of drug-likeness (QED) is 0.546. The lowest BCUT2D eigenvalue weighted by atomic mass is 10.1. The second-order valence-electron chi connectivity index (χ2n) is 6.74. The van der Waals surface area contributed by atoms with Crippen molar-refractivity contribution >= 4 is 22.6 Å². The average molecular weight is 408 g/mol. The van der Waals surface area contributed by atoms with Crippen LogP contribution in [0.1, 0.15) is 6.92 Å². The molecule has 1 N–H and O–H groups in total. The van der Waals surface area contributed by atoms with Gasteiger partial charge in [-0.25, -0.2) is 13.8 Å². The highest BCUT2D eigenvalue weighted by atomic mass is 19.1. The molecular formula is C22H18F2N4O2. The molecule has 2 aromatic heterocycles. The first-order chi connectivity index (χ1) is 14.5. The van der Waals surface area contributed by atoms with E-state index in [-0.39, 0.29) is 23.3 Å². The van der Waals surface area contributed by atoms with Gasteiger partial charge in [0.15, 0.2) is 0 Å². The smallest absolute Gasteiger partial charge is 0.277 e. The van der Waals surface area contributed by atoms with Crippen molar-refractivity contribution < 1.29 is 13.6 Å². The molecule has 0 unspecified atom stereocenters. The summed E-state index contributed by atoms with van der Waals surface area (Å²) in [5.74, 6) is -2.16. The average Bonchev–Trinajstić information content (AvgIpc) is 3.10. The third-order valence-corrected chi connectivity index (χ3v) is 4.79. The Kier molecular flexibility index (Phi) is 5.14. The van der Waals surface area contributed by atoms with Gasteiger partial charge in [0.1, 0.15) is 29.2 Å². The zero-order valence-corrected chi connectivity index (χ0v) is 16.1. The SMILES string of the molecule is CCn1cnc2c(-c3ccccc3)cn(CC(=O)Nc3ccc(F)cc3F)c2c1=O. The molecule has 0 aliphatic carbocycles. The van der Waals surface area contributed by atoms with Crippen molar-refractivity contribution in [2.24, 2.45) is 0 Å². The highest BCUT2D eigenvalue weighted by molar-refractivity contribution is 5.95. The van der Waals surface area contributed by atoms with E-state index >= 15 is 0 Å². The van der Waals surface area contributed by atoms with Gasteiger partial charge >= 0.3 is 0 Å². The summed E-state index contributed by atoms with van der Waals surface area (Å²) < 4.78 is 29.9. The van der Waals surface area contributed by atoms with E-state index in [1.165, 1.54) is 15.5 Å². The van der Waals surface area contributed by atoms with Crippen molar-refractivity contribution in [2.45, 2.75) is 20.0 Å². The van der Waals surface area contributed by atoms with Crippen LogP contribution in [0.2, 0.25) is 0 Å². The molecular weight excluding hydrogens is 390 g/mol. The zero-order chi connectivity index (χ0) is 21.3. The van der Waals surface area contributed by atoms with Crippen LogP contribution in [-0.2, 0) is 17.9 Å². The minimum Gasteiger partial charge on any atom is -0.332 e. The molecule has 4 aromatic rings. The van der Waals surface area contributed by atoms with Crippen LogP contribution in [0, 0.1) is 11.6 Å². The molecule has 1 amide bonds. The number of fused-ring (bicyclic) bond motifs is 1. The first-order valence-electron chi connectivity index (χ1n) is 9.36. The van der Waals surface area contributed by atoms with Crippen LogP contribution in [0.5, 0.6) is 0 Å². The van der Waals surface area contributed by atoms with Gasteiger partial charge in [-0.05, 0) is 24.6 Å². The molecule has 0 aliphatic heterocycles. The molecule has 0 radical (unpaired) electrons. The number of carbonyl (C=O) groups is 1. The zero-order valence-electron chi connectivity index (χ0n) is 16.1. The van der Waals surface area contributed by atoms with Crippen LogP contribution in [0.3, 0.4) is 0 Å². The molecule has 0 saturated heterocycles. The third-order valence-electron chi connectivity index (χ3n) is 4.79. The molecule has 0 fully saturated rings. The standard InChI is InChI=1S/C22H18F2N4O2/c1-2-27-13-25-20-16(14-6-4-3-5-7-14)11-28(21(20)22(27)30)12-19(29)26-18-9-8-15(23)10-17(18)24/h3-11,13H,2,12H2,1H3,(H,26,29). The van der Waals surface area contributed by atoms with Gasteiger partial charge < -0.3 is 9.88 Å². The van der Waals surface area contributed by atoms with Gasteiger partial charge in [0.05, 0.1) is 12.0 Å². The minimum atomic E-state index is -0.874. The fraction of sp³-hybridized carbons (Fsp3) is 0.136. The fourth-order valence-electron chi connectivity index (χ4n) is 3.33. The highest BCUT2D eigenvalue weighted by Gasteiger charge is 2.18. The number of aryl methyl sites for hydroxylation is 1. The Bertz CT molecular complexity index is 1300. The number of aromatic nitrogens is 3. The van der Waals surface area contributed by atoms with Crippen molar-refractivity contribution in [1.82, 2.24) is 14.1 Å². The Morgan fingerprint density at radius 1 is 1.10 bits per heavy atom. The van der Waals surface area contributed by atoms with Crippen LogP contribution in [0.15, 0.2) is 65.8 Å². The number of rotatable bonds is 5. The van der Waals surface area contributed by atoms with Crippen molar-refractivity contribution in [3.8, 4) is 11.1 Å². The number of halogens is 2. The molecule has 2 heterocycles. The third kappa shape index (κ3) is 3.59. The highest BCUT2D eigenvalue weighted by Crippen LogP contribution is 2.27. The number of amides is 1. The number of hydrogen-bond acceptors (Lipinski definition) is 3. The van der Waals surface area contributed by atoms with E-state index in [0.29, 0.717) is 23.7 Å². The summed E-state index contributed by atoms with van der Waals surface area (Å²) in [5, 5.41) is 2.42. The van der Waals surface area contributed by atoms with E-state index in [1.807, 2.05) is 37.3 Å². The first-order valence-corrected chi connectivity index (χ1v) is 9.36. The van der Waals surface area contributed by atoms with Crippen molar-refractivity contribution in [3.63, 3.8) is 0 Å². The van der Waals surface area contributed by atoms with Gasteiger partial charge in [-0.1, -0.05) is 30.3 Å². The summed E-state index contributed by atoms with van der Waals surface area (Å²) in [5.41, 5.74) is 1.93. The molecule has 8 heteroatoms. The second kappa shape index (κ2) is 7.90. The maximum absolute atomic E-state index is 13.9. The number of carbonyl (C=O) groups excluding carboxylic acids is 1. The van der Waals surface area contributed by atoms with Gasteiger partial charge in [-0.3, -0.25) is 14.2 Å². The summed E-state index contributed by atoms with van der Waals surface area (Å²) in [6.07, 6.45) is 3.17. The molecule has 6 nitrogen and oxygen atoms in total. The molecule has 0 bridgehead atoms. The van der Waals surface area contributed by atoms with Gasteiger partial charge in [-0.15, -0.1) is 0 Å². The Morgan fingerprint density at radius 3 is 2.57 bits per heavy atom. The van der Waals surface area contributed by atoms with E-state index in [9.17, 15) is 18.4 Å².